The predicted molar refractivity (Wildman–Crippen MR) is 102 cm³/mol. The average molecular weight is 379 g/mol. The van der Waals surface area contributed by atoms with E-state index >= 15 is 0 Å². The van der Waals surface area contributed by atoms with Crippen molar-refractivity contribution in [2.75, 3.05) is 11.1 Å². The van der Waals surface area contributed by atoms with Gasteiger partial charge in [-0.05, 0) is 36.4 Å². The standard InChI is InChI=1S/C19H14FN5OS/c20-14-6-8-15(9-7-14)21-18(26)12-27-19-23-22-17-11-10-16(24-25(17)19)13-4-2-1-3-5-13/h1-11H,12H2,(H,21,26). The van der Waals surface area contributed by atoms with Crippen LogP contribution in [0.15, 0.2) is 71.9 Å². The van der Waals surface area contributed by atoms with Crippen molar-refractivity contribution in [2.24, 2.45) is 0 Å². The van der Waals surface area contributed by atoms with Crippen LogP contribution in [0.3, 0.4) is 0 Å². The number of fused-ring (bicyclic) bond motifs is 1. The second kappa shape index (κ2) is 7.55. The molecule has 0 atom stereocenters. The first-order valence-corrected chi connectivity index (χ1v) is 9.14. The molecule has 1 amide bonds. The van der Waals surface area contributed by atoms with Gasteiger partial charge in [0.25, 0.3) is 0 Å². The molecule has 6 nitrogen and oxygen atoms in total. The van der Waals surface area contributed by atoms with Gasteiger partial charge in [0.05, 0.1) is 11.4 Å². The molecule has 0 fully saturated rings. The zero-order chi connectivity index (χ0) is 18.6. The Morgan fingerprint density at radius 1 is 1.00 bits per heavy atom. The van der Waals surface area contributed by atoms with Gasteiger partial charge in [0.2, 0.25) is 11.1 Å². The summed E-state index contributed by atoms with van der Waals surface area (Å²) in [6.07, 6.45) is 0. The van der Waals surface area contributed by atoms with Crippen molar-refractivity contribution in [2.45, 2.75) is 5.16 Å². The molecular formula is C19H14FN5OS. The molecule has 8 heteroatoms. The van der Waals surface area contributed by atoms with Crippen LogP contribution in [0.5, 0.6) is 0 Å². The second-order valence-corrected chi connectivity index (χ2v) is 6.62. The number of hydrogen-bond acceptors (Lipinski definition) is 5. The van der Waals surface area contributed by atoms with Crippen LogP contribution in [-0.2, 0) is 4.79 Å². The van der Waals surface area contributed by atoms with Crippen molar-refractivity contribution in [1.29, 1.82) is 0 Å². The lowest BCUT2D eigenvalue weighted by atomic mass is 10.1. The Labute approximate surface area is 158 Å². The number of aromatic nitrogens is 4. The summed E-state index contributed by atoms with van der Waals surface area (Å²) in [5.74, 6) is -0.435. The smallest absolute Gasteiger partial charge is 0.234 e. The molecule has 0 saturated heterocycles. The van der Waals surface area contributed by atoms with Crippen molar-refractivity contribution in [3.63, 3.8) is 0 Å². The fraction of sp³-hybridized carbons (Fsp3) is 0.0526. The van der Waals surface area contributed by atoms with E-state index in [1.165, 1.54) is 36.0 Å². The third-order valence-corrected chi connectivity index (χ3v) is 4.68. The lowest BCUT2D eigenvalue weighted by Crippen LogP contribution is -2.14. The second-order valence-electron chi connectivity index (χ2n) is 5.68. The minimum Gasteiger partial charge on any atom is -0.325 e. The Balaban J connectivity index is 1.48. The van der Waals surface area contributed by atoms with Crippen LogP contribution in [0.25, 0.3) is 16.9 Å². The van der Waals surface area contributed by atoms with Crippen molar-refractivity contribution < 1.29 is 9.18 Å². The summed E-state index contributed by atoms with van der Waals surface area (Å²) in [6, 6.07) is 19.1. The Morgan fingerprint density at radius 3 is 2.56 bits per heavy atom. The van der Waals surface area contributed by atoms with Gasteiger partial charge in [-0.3, -0.25) is 4.79 Å². The summed E-state index contributed by atoms with van der Waals surface area (Å²) in [7, 11) is 0. The van der Waals surface area contributed by atoms with E-state index in [1.54, 1.807) is 4.52 Å². The molecule has 0 unspecified atom stereocenters. The van der Waals surface area contributed by atoms with Gasteiger partial charge < -0.3 is 5.32 Å². The minimum absolute atomic E-state index is 0.134. The molecule has 4 rings (SSSR count). The number of hydrogen-bond donors (Lipinski definition) is 1. The van der Waals surface area contributed by atoms with E-state index in [2.05, 4.69) is 20.6 Å². The van der Waals surface area contributed by atoms with Crippen LogP contribution in [0.4, 0.5) is 10.1 Å². The Morgan fingerprint density at radius 2 is 1.78 bits per heavy atom. The van der Waals surface area contributed by atoms with E-state index in [9.17, 15) is 9.18 Å². The molecule has 134 valence electrons. The summed E-state index contributed by atoms with van der Waals surface area (Å²) >= 11 is 1.23. The Hall–Kier alpha value is -3.26. The summed E-state index contributed by atoms with van der Waals surface area (Å²) in [4.78, 5) is 12.1. The van der Waals surface area contributed by atoms with Gasteiger partial charge >= 0.3 is 0 Å². The molecule has 0 aliphatic carbocycles. The minimum atomic E-state index is -0.349. The maximum Gasteiger partial charge on any atom is 0.234 e. The van der Waals surface area contributed by atoms with E-state index in [0.717, 1.165) is 11.3 Å². The normalized spacial score (nSPS) is 10.9. The first-order valence-electron chi connectivity index (χ1n) is 8.15. The van der Waals surface area contributed by atoms with E-state index in [1.807, 2.05) is 42.5 Å². The van der Waals surface area contributed by atoms with Crippen molar-refractivity contribution in [1.82, 2.24) is 19.8 Å². The first-order chi connectivity index (χ1) is 13.2. The van der Waals surface area contributed by atoms with Gasteiger partial charge in [-0.2, -0.15) is 9.61 Å². The highest BCUT2D eigenvalue weighted by Crippen LogP contribution is 2.20. The third kappa shape index (κ3) is 3.95. The number of nitrogens with zero attached hydrogens (tertiary/aromatic N) is 4. The van der Waals surface area contributed by atoms with Crippen molar-refractivity contribution >= 4 is 29.0 Å². The highest BCUT2D eigenvalue weighted by atomic mass is 32.2. The monoisotopic (exact) mass is 379 g/mol. The van der Waals surface area contributed by atoms with Gasteiger partial charge in [0.1, 0.15) is 5.82 Å². The Bertz CT molecular complexity index is 1080. The maximum absolute atomic E-state index is 12.9. The molecular weight excluding hydrogens is 365 g/mol. The van der Waals surface area contributed by atoms with Gasteiger partial charge in [-0.15, -0.1) is 10.2 Å². The lowest BCUT2D eigenvalue weighted by Gasteiger charge is -2.05. The molecule has 27 heavy (non-hydrogen) atoms. The predicted octanol–water partition coefficient (Wildman–Crippen LogP) is 3.66. The molecule has 0 aliphatic rings. The van der Waals surface area contributed by atoms with Gasteiger partial charge in [0.15, 0.2) is 5.65 Å². The van der Waals surface area contributed by atoms with Crippen LogP contribution in [-0.4, -0.2) is 31.5 Å². The number of amides is 1. The quantitative estimate of drug-likeness (QED) is 0.536. The summed E-state index contributed by atoms with van der Waals surface area (Å²) in [5, 5.41) is 16.0. The van der Waals surface area contributed by atoms with E-state index in [0.29, 0.717) is 16.5 Å². The number of carbonyl (C=O) groups excluding carboxylic acids is 1. The SMILES string of the molecule is O=C(CSc1nnc2ccc(-c3ccccc3)nn12)Nc1ccc(F)cc1. The highest BCUT2D eigenvalue weighted by molar-refractivity contribution is 7.99. The van der Waals surface area contributed by atoms with Crippen LogP contribution < -0.4 is 5.32 Å². The van der Waals surface area contributed by atoms with Crippen molar-refractivity contribution in [3.05, 3.63) is 72.5 Å². The average Bonchev–Trinajstić information content (AvgIpc) is 3.11. The molecule has 0 radical (unpaired) electrons. The molecule has 2 heterocycles. The summed E-state index contributed by atoms with van der Waals surface area (Å²) in [6.45, 7) is 0. The topological polar surface area (TPSA) is 72.2 Å². The summed E-state index contributed by atoms with van der Waals surface area (Å²) < 4.78 is 14.5. The number of nitrogens with one attached hydrogen (secondary N) is 1. The van der Waals surface area contributed by atoms with Gasteiger partial charge in [-0.25, -0.2) is 4.39 Å². The Kier molecular flexibility index (Phi) is 4.80. The fourth-order valence-corrected chi connectivity index (χ4v) is 3.17. The highest BCUT2D eigenvalue weighted by Gasteiger charge is 2.12. The van der Waals surface area contributed by atoms with E-state index < -0.39 is 0 Å². The van der Waals surface area contributed by atoms with Crippen LogP contribution in [0.1, 0.15) is 0 Å². The van der Waals surface area contributed by atoms with Gasteiger partial charge in [-0.1, -0.05) is 42.1 Å². The molecule has 0 saturated carbocycles. The number of benzene rings is 2. The zero-order valence-corrected chi connectivity index (χ0v) is 14.9. The molecule has 2 aromatic heterocycles. The lowest BCUT2D eigenvalue weighted by molar-refractivity contribution is -0.113. The number of halogens is 1. The number of rotatable bonds is 5. The first kappa shape index (κ1) is 17.2. The van der Waals surface area contributed by atoms with Crippen LogP contribution >= 0.6 is 11.8 Å². The van der Waals surface area contributed by atoms with E-state index in [4.69, 9.17) is 0 Å². The molecule has 1 N–H and O–H groups in total. The van der Waals surface area contributed by atoms with Crippen molar-refractivity contribution in [3.8, 4) is 11.3 Å². The molecule has 0 aliphatic heterocycles. The molecule has 2 aromatic carbocycles. The largest absolute Gasteiger partial charge is 0.325 e. The number of thioether (sulfide) groups is 1. The summed E-state index contributed by atoms with van der Waals surface area (Å²) in [5.41, 5.74) is 2.92. The molecule has 0 bridgehead atoms. The van der Waals surface area contributed by atoms with Crippen LogP contribution in [0.2, 0.25) is 0 Å². The third-order valence-electron chi connectivity index (χ3n) is 3.76. The number of anilines is 1. The van der Waals surface area contributed by atoms with Gasteiger partial charge in [0, 0.05) is 11.3 Å². The maximum atomic E-state index is 12.9. The zero-order valence-electron chi connectivity index (χ0n) is 14.0. The number of carbonyl (C=O) groups is 1. The van der Waals surface area contributed by atoms with E-state index in [-0.39, 0.29) is 17.5 Å². The molecule has 0 spiro atoms. The molecule has 4 aromatic rings. The van der Waals surface area contributed by atoms with Crippen LogP contribution in [0, 0.1) is 5.82 Å². The fourth-order valence-electron chi connectivity index (χ4n) is 2.48.